The highest BCUT2D eigenvalue weighted by Gasteiger charge is 2.06. The summed E-state index contributed by atoms with van der Waals surface area (Å²) in [4.78, 5) is 61.5. The van der Waals surface area contributed by atoms with E-state index in [1.165, 1.54) is 43.0 Å². The standard InChI is InChI=1S/C13H10O2.C10H12O2.C9H6ClFO2.C9H10O3.C8H12O2.C7H5ClO2/c14-13(15)12-8-6-11(7-9-12)10-4-2-1-3-5-10;1-8-2-4-9(5-3-8)6-7-10(11)12;10-8-5-7(11)3-1-6(8)2-4-9(12)13;1-12-8-5-3-2-4-7(8)6-9(10)11;1-2-3-4-5-6-7-8(9)10;8-6-3-1-5(2-4-6)7(9)10/h1-9H,(H,14,15);2-5H,6-7H2,1H3,(H,11,12);1-5H,(H,12,13);2-5H,6H2,1H3,(H,10,11);2-5H2,1H3,(H,9,10);1-4H,(H,9,10). The summed E-state index contributed by atoms with van der Waals surface area (Å²) in [5.74, 6) is -0.696. The molecule has 0 saturated heterocycles. The van der Waals surface area contributed by atoms with Gasteiger partial charge in [0.05, 0.1) is 29.7 Å². The van der Waals surface area contributed by atoms with E-state index >= 15 is 0 Å². The molecule has 6 rings (SSSR count). The van der Waals surface area contributed by atoms with Crippen LogP contribution in [0.2, 0.25) is 10.0 Å². The summed E-state index contributed by atoms with van der Waals surface area (Å²) >= 11 is 11.2. The van der Waals surface area contributed by atoms with Gasteiger partial charge in [0.1, 0.15) is 11.6 Å². The zero-order valence-electron chi connectivity index (χ0n) is 39.6. The van der Waals surface area contributed by atoms with Gasteiger partial charge >= 0.3 is 35.8 Å². The average Bonchev–Trinajstić information content (AvgIpc) is 3.35. The number of rotatable bonds is 14. The molecule has 0 spiro atoms. The second kappa shape index (κ2) is 35.8. The fourth-order valence-electron chi connectivity index (χ4n) is 5.45. The second-order valence-corrected chi connectivity index (χ2v) is 15.6. The maximum atomic E-state index is 12.5. The van der Waals surface area contributed by atoms with Crippen LogP contribution in [0.3, 0.4) is 0 Å². The van der Waals surface area contributed by atoms with Gasteiger partial charge in [-0.2, -0.15) is 0 Å². The third-order valence-electron chi connectivity index (χ3n) is 9.08. The molecule has 0 aliphatic heterocycles. The Balaban J connectivity index is 0.000000435. The molecule has 0 unspecified atom stereocenters. The maximum absolute atomic E-state index is 12.5. The summed E-state index contributed by atoms with van der Waals surface area (Å²) in [6, 6.07) is 41.5. The Bertz CT molecular complexity index is 2710. The zero-order valence-corrected chi connectivity index (χ0v) is 41.1. The normalized spacial score (nSPS) is 9.58. The summed E-state index contributed by atoms with van der Waals surface area (Å²) in [6.07, 6.45) is 7.09. The molecule has 0 atom stereocenters. The van der Waals surface area contributed by atoms with E-state index in [-0.39, 0.29) is 23.4 Å². The number of benzene rings is 6. The highest BCUT2D eigenvalue weighted by molar-refractivity contribution is 6.32. The molecule has 0 aromatic heterocycles. The lowest BCUT2D eigenvalue weighted by Gasteiger charge is -2.04. The number of aryl methyl sites for hydroxylation is 2. The van der Waals surface area contributed by atoms with Gasteiger partial charge in [0.2, 0.25) is 0 Å². The van der Waals surface area contributed by atoms with Gasteiger partial charge in [-0.1, -0.05) is 145 Å². The molecular weight excluding hydrogens is 971 g/mol. The van der Waals surface area contributed by atoms with Crippen molar-refractivity contribution in [1.29, 1.82) is 0 Å². The first-order chi connectivity index (χ1) is 34.2. The molecule has 6 aromatic rings. The molecule has 0 aliphatic carbocycles. The summed E-state index contributed by atoms with van der Waals surface area (Å²) in [5, 5.41) is 51.3. The number of aliphatic carboxylic acids is 4. The van der Waals surface area contributed by atoms with Gasteiger partial charge in [-0.15, -0.1) is 0 Å². The van der Waals surface area contributed by atoms with Crippen LogP contribution in [0.4, 0.5) is 4.39 Å². The van der Waals surface area contributed by atoms with E-state index in [1.807, 2.05) is 79.7 Å². The van der Waals surface area contributed by atoms with E-state index in [9.17, 15) is 33.2 Å². The van der Waals surface area contributed by atoms with Crippen LogP contribution in [-0.2, 0) is 32.0 Å². The third-order valence-corrected chi connectivity index (χ3v) is 9.66. The number of carboxylic acids is 6. The van der Waals surface area contributed by atoms with Gasteiger partial charge in [0.15, 0.2) is 0 Å². The number of hydrogen-bond donors (Lipinski definition) is 6. The van der Waals surface area contributed by atoms with Crippen LogP contribution in [0.15, 0.2) is 152 Å². The van der Waals surface area contributed by atoms with Crippen molar-refractivity contribution in [1.82, 2.24) is 0 Å². The van der Waals surface area contributed by atoms with E-state index in [0.29, 0.717) is 40.3 Å². The van der Waals surface area contributed by atoms with Crippen LogP contribution in [0, 0.1) is 24.6 Å². The number of hydrogen-bond acceptors (Lipinski definition) is 7. The van der Waals surface area contributed by atoms with Crippen molar-refractivity contribution in [3.8, 4) is 28.7 Å². The van der Waals surface area contributed by atoms with Crippen molar-refractivity contribution >= 4 is 65.1 Å². The van der Waals surface area contributed by atoms with Gasteiger partial charge in [0.25, 0.3) is 0 Å². The van der Waals surface area contributed by atoms with Crippen molar-refractivity contribution in [3.63, 3.8) is 0 Å². The van der Waals surface area contributed by atoms with E-state index in [0.717, 1.165) is 48.1 Å². The van der Waals surface area contributed by atoms with Crippen molar-refractivity contribution in [2.24, 2.45) is 0 Å². The number of methoxy groups -OCH3 is 1. The molecular formula is C56H55Cl2FO13. The first-order valence-electron chi connectivity index (χ1n) is 21.8. The van der Waals surface area contributed by atoms with Gasteiger partial charge in [-0.25, -0.2) is 23.6 Å². The van der Waals surface area contributed by atoms with Crippen molar-refractivity contribution in [2.45, 2.75) is 58.8 Å². The molecule has 378 valence electrons. The van der Waals surface area contributed by atoms with E-state index in [1.54, 1.807) is 42.5 Å². The predicted octanol–water partition coefficient (Wildman–Crippen LogP) is 12.7. The second-order valence-electron chi connectivity index (χ2n) is 14.7. The Morgan fingerprint density at radius 3 is 1.71 bits per heavy atom. The first kappa shape index (κ1) is 61.8. The molecule has 13 nitrogen and oxygen atoms in total. The predicted molar refractivity (Wildman–Crippen MR) is 276 cm³/mol. The minimum Gasteiger partial charge on any atom is -0.496 e. The average molecular weight is 1030 g/mol. The molecule has 0 heterocycles. The van der Waals surface area contributed by atoms with Gasteiger partial charge in [-0.3, -0.25) is 9.59 Å². The highest BCUT2D eigenvalue weighted by atomic mass is 35.5. The lowest BCUT2D eigenvalue weighted by atomic mass is 10.0. The van der Waals surface area contributed by atoms with Crippen molar-refractivity contribution in [2.75, 3.05) is 7.11 Å². The van der Waals surface area contributed by atoms with Crippen molar-refractivity contribution in [3.05, 3.63) is 201 Å². The molecule has 0 fully saturated rings. The Hall–Kier alpha value is -8.25. The lowest BCUT2D eigenvalue weighted by Crippen LogP contribution is -2.01. The summed E-state index contributed by atoms with van der Waals surface area (Å²) in [6.45, 7) is 4.12. The Morgan fingerprint density at radius 1 is 0.653 bits per heavy atom. The van der Waals surface area contributed by atoms with Gasteiger partial charge < -0.3 is 35.4 Å². The van der Waals surface area contributed by atoms with Crippen LogP contribution >= 0.6 is 23.2 Å². The van der Waals surface area contributed by atoms with Crippen LogP contribution in [0.1, 0.15) is 82.0 Å². The molecule has 6 N–H and O–H groups in total. The first-order valence-corrected chi connectivity index (χ1v) is 22.6. The Kier molecular flexibility index (Phi) is 30.7. The number of carbonyl (C=O) groups is 6. The number of unbranched alkanes of at least 4 members (excludes halogenated alkanes) is 3. The van der Waals surface area contributed by atoms with Gasteiger partial charge in [-0.05, 0) is 103 Å². The number of halogens is 3. The van der Waals surface area contributed by atoms with Crippen LogP contribution in [0.5, 0.6) is 5.75 Å². The molecule has 0 saturated carbocycles. The monoisotopic (exact) mass is 1020 g/mol. The summed E-state index contributed by atoms with van der Waals surface area (Å²) < 4.78 is 17.5. The highest BCUT2D eigenvalue weighted by Crippen LogP contribution is 2.20. The van der Waals surface area contributed by atoms with Crippen molar-refractivity contribution < 1.29 is 68.5 Å². The summed E-state index contributed by atoms with van der Waals surface area (Å²) in [5.41, 5.74) is 6.16. The Morgan fingerprint density at radius 2 is 1.21 bits per heavy atom. The zero-order chi connectivity index (χ0) is 53.8. The smallest absolute Gasteiger partial charge is 0.381 e. The molecule has 0 amide bonds. The number of carboxylic acid groups (broad SMARTS) is 6. The molecule has 0 radical (unpaired) electrons. The minimum absolute atomic E-state index is 0.00398. The van der Waals surface area contributed by atoms with E-state index in [2.05, 4.69) is 18.8 Å². The van der Waals surface area contributed by atoms with E-state index < -0.39 is 41.6 Å². The topological polar surface area (TPSA) is 233 Å². The van der Waals surface area contributed by atoms with Gasteiger partial charge in [0, 0.05) is 35.4 Å². The Labute approximate surface area is 427 Å². The van der Waals surface area contributed by atoms with Crippen LogP contribution < -0.4 is 4.74 Å². The number of aromatic carboxylic acids is 2. The third kappa shape index (κ3) is 28.9. The fraction of sp³-hybridized carbons (Fsp3) is 0.179. The van der Waals surface area contributed by atoms with E-state index in [4.69, 9.17) is 58.6 Å². The number of para-hydroxylation sites is 1. The molecule has 0 bridgehead atoms. The largest absolute Gasteiger partial charge is 0.496 e. The molecule has 0 aliphatic rings. The molecule has 6 aromatic carbocycles. The van der Waals surface area contributed by atoms with Crippen LogP contribution in [0.25, 0.3) is 17.2 Å². The summed E-state index contributed by atoms with van der Waals surface area (Å²) in [7, 11) is 1.53. The quantitative estimate of drug-likeness (QED) is 0.0339. The fourth-order valence-corrected chi connectivity index (χ4v) is 5.80. The molecule has 16 heteroatoms. The SMILES string of the molecule is CCCCCC#CC(=O)O.COc1ccccc1CC(=O)O.Cc1ccc(CCC(=O)O)cc1.O=C(O)C=Cc1ccc(F)cc1Cl.O=C(O)c1ccc(-c2ccccc2)cc1.O=C(O)c1ccc(Cl)cc1. The van der Waals surface area contributed by atoms with Crippen LogP contribution in [-0.4, -0.2) is 73.6 Å². The lowest BCUT2D eigenvalue weighted by molar-refractivity contribution is -0.137. The minimum atomic E-state index is -1.07. The molecule has 72 heavy (non-hydrogen) atoms. The number of ether oxygens (including phenoxy) is 1. The maximum Gasteiger partial charge on any atom is 0.381 e.